The number of rotatable bonds is 7. The highest BCUT2D eigenvalue weighted by Crippen LogP contribution is 2.16. The Bertz CT molecular complexity index is 939. The minimum absolute atomic E-state index is 0.0868. The van der Waals surface area contributed by atoms with E-state index in [1.165, 1.54) is 11.8 Å². The van der Waals surface area contributed by atoms with Crippen LogP contribution < -0.4 is 10.6 Å². The van der Waals surface area contributed by atoms with Gasteiger partial charge in [-0.05, 0) is 36.8 Å². The molecule has 1 aromatic heterocycles. The zero-order valence-electron chi connectivity index (χ0n) is 15.8. The van der Waals surface area contributed by atoms with Crippen LogP contribution in [0.15, 0.2) is 72.1 Å². The molecule has 28 heavy (non-hydrogen) atoms. The summed E-state index contributed by atoms with van der Waals surface area (Å²) < 4.78 is 1.86. The van der Waals surface area contributed by atoms with E-state index in [0.29, 0.717) is 11.3 Å². The maximum absolute atomic E-state index is 12.4. The van der Waals surface area contributed by atoms with Gasteiger partial charge >= 0.3 is 0 Å². The Hall–Kier alpha value is -3.06. The normalized spacial score (nSPS) is 11.6. The minimum atomic E-state index is -0.153. The lowest BCUT2D eigenvalue weighted by molar-refractivity contribution is -0.113. The number of thioether (sulfide) groups is 1. The SMILES string of the molecule is C[C@@H](NC(=O)c1ccc(NC(=O)CSc2nccn2C)cc1)c1ccccc1. The second-order valence-electron chi connectivity index (χ2n) is 6.34. The lowest BCUT2D eigenvalue weighted by atomic mass is 10.1. The topological polar surface area (TPSA) is 76.0 Å². The number of aromatic nitrogens is 2. The van der Waals surface area contributed by atoms with E-state index in [-0.39, 0.29) is 23.6 Å². The van der Waals surface area contributed by atoms with Crippen molar-refractivity contribution in [3.05, 3.63) is 78.1 Å². The van der Waals surface area contributed by atoms with E-state index in [1.807, 2.05) is 55.1 Å². The second-order valence-corrected chi connectivity index (χ2v) is 7.28. The fraction of sp³-hybridized carbons (Fsp3) is 0.190. The summed E-state index contributed by atoms with van der Waals surface area (Å²) in [5, 5.41) is 6.59. The van der Waals surface area contributed by atoms with Crippen molar-refractivity contribution in [3.63, 3.8) is 0 Å². The first kappa shape index (κ1) is 19.7. The van der Waals surface area contributed by atoms with E-state index < -0.39 is 0 Å². The van der Waals surface area contributed by atoms with Crippen molar-refractivity contribution in [2.75, 3.05) is 11.1 Å². The Morgan fingerprint density at radius 3 is 2.46 bits per heavy atom. The molecule has 0 saturated heterocycles. The summed E-state index contributed by atoms with van der Waals surface area (Å²) in [6.45, 7) is 1.95. The van der Waals surface area contributed by atoms with Crippen LogP contribution in [-0.4, -0.2) is 27.1 Å². The summed E-state index contributed by atoms with van der Waals surface area (Å²) in [7, 11) is 1.88. The summed E-state index contributed by atoms with van der Waals surface area (Å²) in [6, 6.07) is 16.6. The molecule has 0 fully saturated rings. The molecule has 0 aliphatic carbocycles. The molecule has 2 amide bonds. The Balaban J connectivity index is 1.52. The monoisotopic (exact) mass is 394 g/mol. The average molecular weight is 395 g/mol. The first-order chi connectivity index (χ1) is 13.5. The summed E-state index contributed by atoms with van der Waals surface area (Å²) in [5.74, 6) is -0.00994. The first-order valence-electron chi connectivity index (χ1n) is 8.89. The maximum atomic E-state index is 12.4. The molecule has 6 nitrogen and oxygen atoms in total. The second kappa shape index (κ2) is 9.23. The number of nitrogens with zero attached hydrogens (tertiary/aromatic N) is 2. The van der Waals surface area contributed by atoms with Gasteiger partial charge in [0.25, 0.3) is 5.91 Å². The lowest BCUT2D eigenvalue weighted by Crippen LogP contribution is -2.26. The first-order valence-corrected chi connectivity index (χ1v) is 9.87. The van der Waals surface area contributed by atoms with Gasteiger partial charge in [0.05, 0.1) is 11.8 Å². The van der Waals surface area contributed by atoms with Gasteiger partial charge in [-0.1, -0.05) is 42.1 Å². The molecular formula is C21H22N4O2S. The Kier molecular flexibility index (Phi) is 6.49. The van der Waals surface area contributed by atoms with E-state index >= 15 is 0 Å². The predicted octanol–water partition coefficient (Wildman–Crippen LogP) is 3.64. The molecule has 0 radical (unpaired) electrons. The van der Waals surface area contributed by atoms with E-state index in [0.717, 1.165) is 10.7 Å². The van der Waals surface area contributed by atoms with Gasteiger partial charge in [0, 0.05) is 30.7 Å². The molecule has 0 spiro atoms. The minimum Gasteiger partial charge on any atom is -0.346 e. The molecule has 7 heteroatoms. The van der Waals surface area contributed by atoms with Crippen LogP contribution in [0.5, 0.6) is 0 Å². The molecule has 0 bridgehead atoms. The molecular weight excluding hydrogens is 372 g/mol. The summed E-state index contributed by atoms with van der Waals surface area (Å²) in [6.07, 6.45) is 3.53. The van der Waals surface area contributed by atoms with E-state index in [1.54, 1.807) is 30.5 Å². The third kappa shape index (κ3) is 5.23. The number of amides is 2. The average Bonchev–Trinajstić information content (AvgIpc) is 3.12. The van der Waals surface area contributed by atoms with Crippen LogP contribution in [0.2, 0.25) is 0 Å². The van der Waals surface area contributed by atoms with Crippen molar-refractivity contribution in [1.82, 2.24) is 14.9 Å². The molecule has 2 N–H and O–H groups in total. The molecule has 0 unspecified atom stereocenters. The fourth-order valence-electron chi connectivity index (χ4n) is 2.63. The van der Waals surface area contributed by atoms with E-state index in [2.05, 4.69) is 15.6 Å². The molecule has 0 aliphatic rings. The molecule has 1 atom stereocenters. The summed E-state index contributed by atoms with van der Waals surface area (Å²) >= 11 is 1.37. The lowest BCUT2D eigenvalue weighted by Gasteiger charge is -2.14. The van der Waals surface area contributed by atoms with Gasteiger partial charge in [-0.15, -0.1) is 0 Å². The highest BCUT2D eigenvalue weighted by Gasteiger charge is 2.12. The van der Waals surface area contributed by atoms with Gasteiger partial charge in [-0.2, -0.15) is 0 Å². The molecule has 1 heterocycles. The van der Waals surface area contributed by atoms with Crippen LogP contribution in [0.4, 0.5) is 5.69 Å². The van der Waals surface area contributed by atoms with Crippen molar-refractivity contribution in [2.45, 2.75) is 18.1 Å². The molecule has 0 saturated carbocycles. The number of nitrogens with one attached hydrogen (secondary N) is 2. The predicted molar refractivity (Wildman–Crippen MR) is 111 cm³/mol. The molecule has 144 valence electrons. The highest BCUT2D eigenvalue weighted by molar-refractivity contribution is 7.99. The number of aryl methyl sites for hydroxylation is 1. The van der Waals surface area contributed by atoms with Gasteiger partial charge in [0.15, 0.2) is 5.16 Å². The smallest absolute Gasteiger partial charge is 0.251 e. The Labute approximate surface area is 168 Å². The van der Waals surface area contributed by atoms with Crippen molar-refractivity contribution in [3.8, 4) is 0 Å². The number of anilines is 1. The van der Waals surface area contributed by atoms with Gasteiger partial charge in [-0.25, -0.2) is 4.98 Å². The number of carbonyl (C=O) groups excluding carboxylic acids is 2. The van der Waals surface area contributed by atoms with Gasteiger partial charge in [-0.3, -0.25) is 9.59 Å². The largest absolute Gasteiger partial charge is 0.346 e. The summed E-state index contributed by atoms with van der Waals surface area (Å²) in [5.41, 5.74) is 2.24. The van der Waals surface area contributed by atoms with Crippen molar-refractivity contribution < 1.29 is 9.59 Å². The quantitative estimate of drug-likeness (QED) is 0.600. The van der Waals surface area contributed by atoms with Crippen molar-refractivity contribution in [2.24, 2.45) is 7.05 Å². The van der Waals surface area contributed by atoms with Crippen molar-refractivity contribution in [1.29, 1.82) is 0 Å². The Morgan fingerprint density at radius 2 is 1.82 bits per heavy atom. The number of hydrogen-bond donors (Lipinski definition) is 2. The molecule has 0 aliphatic heterocycles. The zero-order chi connectivity index (χ0) is 19.9. The molecule has 3 aromatic rings. The van der Waals surface area contributed by atoms with Crippen LogP contribution in [0, 0.1) is 0 Å². The van der Waals surface area contributed by atoms with Crippen LogP contribution >= 0.6 is 11.8 Å². The van der Waals surface area contributed by atoms with Gasteiger partial charge in [0.1, 0.15) is 0 Å². The van der Waals surface area contributed by atoms with E-state index in [9.17, 15) is 9.59 Å². The van der Waals surface area contributed by atoms with Crippen molar-refractivity contribution >= 4 is 29.3 Å². The number of carbonyl (C=O) groups is 2. The fourth-order valence-corrected chi connectivity index (χ4v) is 3.36. The van der Waals surface area contributed by atoms with E-state index in [4.69, 9.17) is 0 Å². The van der Waals surface area contributed by atoms with Crippen LogP contribution in [-0.2, 0) is 11.8 Å². The number of imidazole rings is 1. The summed E-state index contributed by atoms with van der Waals surface area (Å²) in [4.78, 5) is 28.7. The molecule has 3 rings (SSSR count). The van der Waals surface area contributed by atoms with Crippen LogP contribution in [0.1, 0.15) is 28.9 Å². The maximum Gasteiger partial charge on any atom is 0.251 e. The third-order valence-corrected chi connectivity index (χ3v) is 5.25. The third-order valence-electron chi connectivity index (χ3n) is 4.19. The molecule has 2 aromatic carbocycles. The van der Waals surface area contributed by atoms with Crippen LogP contribution in [0.3, 0.4) is 0 Å². The van der Waals surface area contributed by atoms with Crippen LogP contribution in [0.25, 0.3) is 0 Å². The number of hydrogen-bond acceptors (Lipinski definition) is 4. The Morgan fingerprint density at radius 1 is 1.11 bits per heavy atom. The number of benzene rings is 2. The van der Waals surface area contributed by atoms with Gasteiger partial charge < -0.3 is 15.2 Å². The zero-order valence-corrected chi connectivity index (χ0v) is 16.6. The highest BCUT2D eigenvalue weighted by atomic mass is 32.2. The standard InChI is InChI=1S/C21H22N4O2S/c1-15(16-6-4-3-5-7-16)23-20(27)17-8-10-18(11-9-17)24-19(26)14-28-21-22-12-13-25(21)2/h3-13,15H,14H2,1-2H3,(H,23,27)(H,24,26)/t15-/m1/s1. The van der Waals surface area contributed by atoms with Gasteiger partial charge in [0.2, 0.25) is 5.91 Å².